The number of nitro groups is 1. The number of carbonyl (C=O) groups excluding carboxylic acids is 1. The first kappa shape index (κ1) is 15.7. The number of carbonyl (C=O) groups is 1. The monoisotopic (exact) mass is 281 g/mol. The number of hydrogen-bond donors (Lipinski definition) is 2. The molecular weight excluding hydrogens is 262 g/mol. The third-order valence-corrected chi connectivity index (χ3v) is 2.53. The van der Waals surface area contributed by atoms with E-state index < -0.39 is 4.92 Å². The molecule has 1 aromatic heterocycles. The van der Waals surface area contributed by atoms with Gasteiger partial charge in [-0.05, 0) is 12.5 Å². The summed E-state index contributed by atoms with van der Waals surface area (Å²) in [6.45, 7) is 2.69. The van der Waals surface area contributed by atoms with Gasteiger partial charge in [0.2, 0.25) is 11.7 Å². The summed E-state index contributed by atoms with van der Waals surface area (Å²) in [5.74, 6) is 0.441. The fourth-order valence-electron chi connectivity index (χ4n) is 1.40. The fraction of sp³-hybridized carbons (Fsp3) is 0.500. The SMILES string of the molecule is CCCNc1ccc([N+](=O)[O-])c(NCC(=O)N(C)C)n1. The quantitative estimate of drug-likeness (QED) is 0.577. The predicted octanol–water partition coefficient (Wildman–Crippen LogP) is 1.31. The molecule has 2 N–H and O–H groups in total. The minimum atomic E-state index is -0.529. The minimum Gasteiger partial charge on any atom is -0.370 e. The number of rotatable bonds is 7. The van der Waals surface area contributed by atoms with Gasteiger partial charge in [-0.25, -0.2) is 4.98 Å². The summed E-state index contributed by atoms with van der Waals surface area (Å²) in [6.07, 6.45) is 0.917. The van der Waals surface area contributed by atoms with E-state index in [1.165, 1.54) is 11.0 Å². The van der Waals surface area contributed by atoms with Crippen molar-refractivity contribution in [2.75, 3.05) is 37.8 Å². The lowest BCUT2D eigenvalue weighted by Crippen LogP contribution is -2.29. The lowest BCUT2D eigenvalue weighted by Gasteiger charge is -2.12. The summed E-state index contributed by atoms with van der Waals surface area (Å²) in [6, 6.07) is 2.92. The number of anilines is 2. The van der Waals surface area contributed by atoms with Gasteiger partial charge in [0.15, 0.2) is 0 Å². The highest BCUT2D eigenvalue weighted by molar-refractivity contribution is 5.81. The van der Waals surface area contributed by atoms with Gasteiger partial charge in [0.25, 0.3) is 0 Å². The minimum absolute atomic E-state index is 0.0436. The van der Waals surface area contributed by atoms with E-state index in [1.807, 2.05) is 6.92 Å². The Bertz CT molecular complexity index is 490. The van der Waals surface area contributed by atoms with E-state index in [-0.39, 0.29) is 24.0 Å². The summed E-state index contributed by atoms with van der Waals surface area (Å²) in [5, 5.41) is 16.7. The van der Waals surface area contributed by atoms with Gasteiger partial charge in [0.1, 0.15) is 5.82 Å². The van der Waals surface area contributed by atoms with E-state index >= 15 is 0 Å². The molecule has 0 saturated heterocycles. The molecule has 1 heterocycles. The van der Waals surface area contributed by atoms with E-state index in [9.17, 15) is 14.9 Å². The second-order valence-corrected chi connectivity index (χ2v) is 4.39. The second-order valence-electron chi connectivity index (χ2n) is 4.39. The van der Waals surface area contributed by atoms with Crippen molar-refractivity contribution in [1.82, 2.24) is 9.88 Å². The Morgan fingerprint density at radius 1 is 1.40 bits per heavy atom. The van der Waals surface area contributed by atoms with Crippen molar-refractivity contribution in [1.29, 1.82) is 0 Å². The maximum absolute atomic E-state index is 11.5. The lowest BCUT2D eigenvalue weighted by molar-refractivity contribution is -0.384. The van der Waals surface area contributed by atoms with Crippen molar-refractivity contribution < 1.29 is 9.72 Å². The van der Waals surface area contributed by atoms with Crippen LogP contribution in [-0.2, 0) is 4.79 Å². The maximum atomic E-state index is 11.5. The predicted molar refractivity (Wildman–Crippen MR) is 76.9 cm³/mol. The van der Waals surface area contributed by atoms with Crippen LogP contribution in [0.3, 0.4) is 0 Å². The molecule has 1 amide bonds. The molecule has 1 rings (SSSR count). The molecule has 0 saturated carbocycles. The van der Waals surface area contributed by atoms with Crippen LogP contribution in [0.15, 0.2) is 12.1 Å². The Balaban J connectivity index is 2.88. The zero-order valence-electron chi connectivity index (χ0n) is 11.8. The average molecular weight is 281 g/mol. The fourth-order valence-corrected chi connectivity index (χ4v) is 1.40. The molecule has 8 nitrogen and oxygen atoms in total. The third kappa shape index (κ3) is 4.38. The van der Waals surface area contributed by atoms with E-state index in [2.05, 4.69) is 15.6 Å². The topological polar surface area (TPSA) is 100 Å². The van der Waals surface area contributed by atoms with E-state index in [1.54, 1.807) is 20.2 Å². The van der Waals surface area contributed by atoms with Crippen LogP contribution in [0.5, 0.6) is 0 Å². The number of likely N-dealkylation sites (N-methyl/N-ethyl adjacent to an activating group) is 1. The highest BCUT2D eigenvalue weighted by Crippen LogP contribution is 2.23. The first-order valence-electron chi connectivity index (χ1n) is 6.29. The summed E-state index contributed by atoms with van der Waals surface area (Å²) >= 11 is 0. The van der Waals surface area contributed by atoms with Crippen LogP contribution in [0, 0.1) is 10.1 Å². The highest BCUT2D eigenvalue weighted by atomic mass is 16.6. The Hall–Kier alpha value is -2.38. The first-order valence-corrected chi connectivity index (χ1v) is 6.29. The number of nitrogens with zero attached hydrogens (tertiary/aromatic N) is 3. The number of nitrogens with one attached hydrogen (secondary N) is 2. The van der Waals surface area contributed by atoms with Gasteiger partial charge in [-0.3, -0.25) is 14.9 Å². The van der Waals surface area contributed by atoms with E-state index in [0.717, 1.165) is 13.0 Å². The Morgan fingerprint density at radius 3 is 2.65 bits per heavy atom. The molecule has 0 spiro atoms. The van der Waals surface area contributed by atoms with Crippen molar-refractivity contribution in [3.8, 4) is 0 Å². The molecule has 20 heavy (non-hydrogen) atoms. The van der Waals surface area contributed by atoms with Crippen molar-refractivity contribution in [2.24, 2.45) is 0 Å². The number of amides is 1. The lowest BCUT2D eigenvalue weighted by atomic mass is 10.3. The van der Waals surface area contributed by atoms with Gasteiger partial charge >= 0.3 is 5.69 Å². The van der Waals surface area contributed by atoms with Crippen LogP contribution in [0.2, 0.25) is 0 Å². The molecule has 0 unspecified atom stereocenters. The Morgan fingerprint density at radius 2 is 2.10 bits per heavy atom. The molecule has 0 aliphatic rings. The summed E-state index contributed by atoms with van der Waals surface area (Å²) < 4.78 is 0. The van der Waals surface area contributed by atoms with Gasteiger partial charge in [-0.2, -0.15) is 0 Å². The number of pyridine rings is 1. The largest absolute Gasteiger partial charge is 0.370 e. The van der Waals surface area contributed by atoms with E-state index in [0.29, 0.717) is 5.82 Å². The van der Waals surface area contributed by atoms with Crippen LogP contribution in [0.25, 0.3) is 0 Å². The summed E-state index contributed by atoms with van der Waals surface area (Å²) in [5.41, 5.74) is -0.154. The summed E-state index contributed by atoms with van der Waals surface area (Å²) in [4.78, 5) is 27.4. The molecule has 1 aromatic rings. The smallest absolute Gasteiger partial charge is 0.311 e. The third-order valence-electron chi connectivity index (χ3n) is 2.53. The summed E-state index contributed by atoms with van der Waals surface area (Å²) in [7, 11) is 3.23. The molecular formula is C12H19N5O3. The van der Waals surface area contributed by atoms with Crippen LogP contribution >= 0.6 is 0 Å². The van der Waals surface area contributed by atoms with Crippen molar-refractivity contribution in [3.63, 3.8) is 0 Å². The highest BCUT2D eigenvalue weighted by Gasteiger charge is 2.17. The molecule has 0 radical (unpaired) electrons. The molecule has 0 aliphatic heterocycles. The van der Waals surface area contributed by atoms with Crippen molar-refractivity contribution in [2.45, 2.75) is 13.3 Å². The first-order chi connectivity index (χ1) is 9.45. The molecule has 8 heteroatoms. The van der Waals surface area contributed by atoms with Crippen LogP contribution in [0.1, 0.15) is 13.3 Å². The molecule has 0 bridgehead atoms. The van der Waals surface area contributed by atoms with Crippen molar-refractivity contribution >= 4 is 23.2 Å². The molecule has 0 aromatic carbocycles. The van der Waals surface area contributed by atoms with Crippen LogP contribution in [-0.4, -0.2) is 47.9 Å². The standard InChI is InChI=1S/C12H19N5O3/c1-4-7-13-10-6-5-9(17(19)20)12(15-10)14-8-11(18)16(2)3/h5-6H,4,7-8H2,1-3H3,(H2,13,14,15). The second kappa shape index (κ2) is 7.27. The van der Waals surface area contributed by atoms with Crippen molar-refractivity contribution in [3.05, 3.63) is 22.2 Å². The van der Waals surface area contributed by atoms with Gasteiger partial charge in [-0.1, -0.05) is 6.92 Å². The Kier molecular flexibility index (Phi) is 5.70. The maximum Gasteiger partial charge on any atom is 0.311 e. The van der Waals surface area contributed by atoms with Crippen LogP contribution in [0.4, 0.5) is 17.3 Å². The number of hydrogen-bond acceptors (Lipinski definition) is 6. The Labute approximate surface area is 117 Å². The van der Waals surface area contributed by atoms with Gasteiger partial charge in [0.05, 0.1) is 11.5 Å². The molecule has 0 atom stereocenters. The van der Waals surface area contributed by atoms with E-state index in [4.69, 9.17) is 0 Å². The average Bonchev–Trinajstić information content (AvgIpc) is 2.42. The molecule has 0 fully saturated rings. The van der Waals surface area contributed by atoms with Gasteiger partial charge < -0.3 is 15.5 Å². The molecule has 110 valence electrons. The molecule has 0 aliphatic carbocycles. The van der Waals surface area contributed by atoms with Gasteiger partial charge in [0, 0.05) is 26.7 Å². The van der Waals surface area contributed by atoms with Crippen LogP contribution < -0.4 is 10.6 Å². The normalized spacial score (nSPS) is 9.95. The number of aromatic nitrogens is 1. The zero-order chi connectivity index (χ0) is 15.1. The van der Waals surface area contributed by atoms with Gasteiger partial charge in [-0.15, -0.1) is 0 Å². The zero-order valence-corrected chi connectivity index (χ0v) is 11.8.